The normalized spacial score (nSPS) is 20.4. The molecule has 8 heteroatoms. The third kappa shape index (κ3) is 3.96. The van der Waals surface area contributed by atoms with Crippen LogP contribution in [0.1, 0.15) is 44.7 Å². The Labute approximate surface area is 180 Å². The number of amidine groups is 1. The fraction of sp³-hybridized carbons (Fsp3) is 0.409. The molecule has 2 heterocycles. The molecule has 0 aromatic heterocycles. The molecule has 7 nitrogen and oxygen atoms in total. The zero-order valence-corrected chi connectivity index (χ0v) is 18.1. The van der Waals surface area contributed by atoms with E-state index in [0.29, 0.717) is 23.1 Å². The van der Waals surface area contributed by atoms with Gasteiger partial charge in [0.1, 0.15) is 5.75 Å². The summed E-state index contributed by atoms with van der Waals surface area (Å²) in [5.41, 5.74) is 2.70. The van der Waals surface area contributed by atoms with E-state index < -0.39 is 12.0 Å². The highest BCUT2D eigenvalue weighted by Gasteiger charge is 2.42. The van der Waals surface area contributed by atoms with Gasteiger partial charge < -0.3 is 19.7 Å². The molecule has 3 aliphatic rings. The van der Waals surface area contributed by atoms with Crippen molar-refractivity contribution >= 4 is 28.8 Å². The van der Waals surface area contributed by atoms with Gasteiger partial charge in [-0.1, -0.05) is 30.0 Å². The first-order valence-corrected chi connectivity index (χ1v) is 10.9. The molecule has 0 bridgehead atoms. The Bertz CT molecular complexity index is 965. The molecule has 1 atom stereocenters. The van der Waals surface area contributed by atoms with Crippen LogP contribution < -0.4 is 10.1 Å². The van der Waals surface area contributed by atoms with Gasteiger partial charge in [0, 0.05) is 17.3 Å². The molecule has 2 aliphatic heterocycles. The first kappa shape index (κ1) is 20.5. The molecule has 0 spiro atoms. The van der Waals surface area contributed by atoms with E-state index in [-0.39, 0.29) is 18.9 Å². The molecule has 158 valence electrons. The van der Waals surface area contributed by atoms with Crippen molar-refractivity contribution in [2.24, 2.45) is 4.99 Å². The maximum absolute atomic E-state index is 12.9. The topological polar surface area (TPSA) is 80.2 Å². The van der Waals surface area contributed by atoms with E-state index >= 15 is 0 Å². The number of para-hydroxylation sites is 1. The molecule has 4 rings (SSSR count). The molecule has 1 aromatic carbocycles. The number of fused-ring (bicyclic) bond motifs is 1. The fourth-order valence-corrected chi connectivity index (χ4v) is 4.66. The van der Waals surface area contributed by atoms with Crippen LogP contribution in [0.15, 0.2) is 51.6 Å². The summed E-state index contributed by atoms with van der Waals surface area (Å²) >= 11 is 1.46. The average Bonchev–Trinajstić information content (AvgIpc) is 3.46. The summed E-state index contributed by atoms with van der Waals surface area (Å²) in [6, 6.07) is 7.41. The van der Waals surface area contributed by atoms with E-state index in [2.05, 4.69) is 10.3 Å². The number of nitrogens with one attached hydrogen (secondary N) is 1. The quantitative estimate of drug-likeness (QED) is 0.671. The number of amides is 1. The van der Waals surface area contributed by atoms with Crippen LogP contribution in [0.3, 0.4) is 0 Å². The molecule has 1 amide bonds. The highest BCUT2D eigenvalue weighted by molar-refractivity contribution is 8.16. The Hall–Kier alpha value is -2.74. The SMILES string of the molecule is CCOC(=O)C1=C(C)N=C2SC=C(CC(=O)NC3CC3)N2[C@@H]1c1ccccc1OC. The van der Waals surface area contributed by atoms with Crippen LogP contribution in [0, 0.1) is 0 Å². The molecule has 1 N–H and O–H groups in total. The zero-order chi connectivity index (χ0) is 21.3. The lowest BCUT2D eigenvalue weighted by atomic mass is 9.93. The van der Waals surface area contributed by atoms with Gasteiger partial charge in [0.05, 0.1) is 37.4 Å². The Morgan fingerprint density at radius 1 is 1.30 bits per heavy atom. The second-order valence-corrected chi connectivity index (χ2v) is 8.21. The maximum Gasteiger partial charge on any atom is 0.338 e. The maximum atomic E-state index is 12.9. The van der Waals surface area contributed by atoms with Crippen LogP contribution >= 0.6 is 11.8 Å². The van der Waals surface area contributed by atoms with Crippen LogP contribution in [-0.4, -0.2) is 41.7 Å². The molecule has 0 unspecified atom stereocenters. The lowest BCUT2D eigenvalue weighted by molar-refractivity contribution is -0.139. The Kier molecular flexibility index (Phi) is 5.85. The summed E-state index contributed by atoms with van der Waals surface area (Å²) in [4.78, 5) is 32.1. The Morgan fingerprint density at radius 3 is 2.77 bits per heavy atom. The number of carbonyl (C=O) groups is 2. The van der Waals surface area contributed by atoms with E-state index in [1.807, 2.05) is 41.5 Å². The van der Waals surface area contributed by atoms with Gasteiger partial charge >= 0.3 is 5.97 Å². The van der Waals surface area contributed by atoms with Crippen molar-refractivity contribution in [3.63, 3.8) is 0 Å². The van der Waals surface area contributed by atoms with Crippen LogP contribution in [0.2, 0.25) is 0 Å². The smallest absolute Gasteiger partial charge is 0.338 e. The molecule has 1 saturated carbocycles. The monoisotopic (exact) mass is 427 g/mol. The lowest BCUT2D eigenvalue weighted by Gasteiger charge is -2.36. The van der Waals surface area contributed by atoms with Crippen molar-refractivity contribution in [1.29, 1.82) is 0 Å². The summed E-state index contributed by atoms with van der Waals surface area (Å²) in [5.74, 6) is 0.234. The highest BCUT2D eigenvalue weighted by atomic mass is 32.2. The zero-order valence-electron chi connectivity index (χ0n) is 17.3. The molecule has 1 fully saturated rings. The van der Waals surface area contributed by atoms with Gasteiger partial charge in [0.2, 0.25) is 5.91 Å². The first-order chi connectivity index (χ1) is 14.5. The predicted molar refractivity (Wildman–Crippen MR) is 116 cm³/mol. The van der Waals surface area contributed by atoms with Crippen molar-refractivity contribution in [1.82, 2.24) is 10.2 Å². The summed E-state index contributed by atoms with van der Waals surface area (Å²) < 4.78 is 11.0. The second-order valence-electron chi connectivity index (χ2n) is 7.37. The fourth-order valence-electron chi connectivity index (χ4n) is 3.70. The number of esters is 1. The number of nitrogens with zero attached hydrogens (tertiary/aromatic N) is 2. The van der Waals surface area contributed by atoms with Crippen molar-refractivity contribution in [2.75, 3.05) is 13.7 Å². The molecule has 0 radical (unpaired) electrons. The third-order valence-electron chi connectivity index (χ3n) is 5.21. The first-order valence-electron chi connectivity index (χ1n) is 10.1. The van der Waals surface area contributed by atoms with Gasteiger partial charge in [0.25, 0.3) is 0 Å². The number of allylic oxidation sites excluding steroid dienone is 1. The van der Waals surface area contributed by atoms with Gasteiger partial charge in [-0.15, -0.1) is 0 Å². The van der Waals surface area contributed by atoms with Crippen LogP contribution in [0.4, 0.5) is 0 Å². The minimum atomic E-state index is -0.484. The largest absolute Gasteiger partial charge is 0.496 e. The number of hydrogen-bond acceptors (Lipinski definition) is 7. The number of ether oxygens (including phenoxy) is 2. The predicted octanol–water partition coefficient (Wildman–Crippen LogP) is 3.50. The second kappa shape index (κ2) is 8.55. The van der Waals surface area contributed by atoms with Crippen LogP contribution in [0.25, 0.3) is 0 Å². The summed E-state index contributed by atoms with van der Waals surface area (Å²) in [7, 11) is 1.61. The van der Waals surface area contributed by atoms with Gasteiger partial charge in [-0.05, 0) is 38.2 Å². The Balaban J connectivity index is 1.75. The number of hydrogen-bond donors (Lipinski definition) is 1. The molecular weight excluding hydrogens is 402 g/mol. The van der Waals surface area contributed by atoms with Gasteiger partial charge in [-0.2, -0.15) is 0 Å². The molecule has 1 aromatic rings. The number of rotatable bonds is 7. The van der Waals surface area contributed by atoms with E-state index in [0.717, 1.165) is 29.3 Å². The highest BCUT2D eigenvalue weighted by Crippen LogP contribution is 2.46. The van der Waals surface area contributed by atoms with Gasteiger partial charge in [0.15, 0.2) is 5.17 Å². The van der Waals surface area contributed by atoms with Crippen LogP contribution in [0.5, 0.6) is 5.75 Å². The summed E-state index contributed by atoms with van der Waals surface area (Å²) in [6.45, 7) is 3.87. The summed E-state index contributed by atoms with van der Waals surface area (Å²) in [5, 5.41) is 5.71. The third-order valence-corrected chi connectivity index (χ3v) is 6.10. The number of carbonyl (C=O) groups excluding carboxylic acids is 2. The van der Waals surface area contributed by atoms with E-state index in [1.165, 1.54) is 11.8 Å². The van der Waals surface area contributed by atoms with Crippen LogP contribution in [-0.2, 0) is 14.3 Å². The van der Waals surface area contributed by atoms with E-state index in [1.54, 1.807) is 14.0 Å². The van der Waals surface area contributed by atoms with E-state index in [9.17, 15) is 9.59 Å². The van der Waals surface area contributed by atoms with Crippen molar-refractivity contribution in [2.45, 2.75) is 45.2 Å². The molecule has 30 heavy (non-hydrogen) atoms. The standard InChI is InChI=1S/C22H25N3O4S/c1-4-29-21(27)19-13(2)23-22-25(20(19)16-7-5-6-8-17(16)28-3)15(12-30-22)11-18(26)24-14-9-10-14/h5-8,12,14,20H,4,9-11H2,1-3H3,(H,24,26)/t20-/m1/s1. The van der Waals surface area contributed by atoms with Crippen molar-refractivity contribution in [3.05, 3.63) is 52.2 Å². The van der Waals surface area contributed by atoms with Gasteiger partial charge in [-0.3, -0.25) is 4.79 Å². The Morgan fingerprint density at radius 2 is 2.07 bits per heavy atom. The lowest BCUT2D eigenvalue weighted by Crippen LogP contribution is -2.38. The molecule has 1 aliphatic carbocycles. The number of thioether (sulfide) groups is 1. The average molecular weight is 428 g/mol. The minimum Gasteiger partial charge on any atom is -0.496 e. The van der Waals surface area contributed by atoms with Crippen molar-refractivity contribution in [3.8, 4) is 5.75 Å². The number of benzene rings is 1. The summed E-state index contributed by atoms with van der Waals surface area (Å²) in [6.07, 6.45) is 2.30. The van der Waals surface area contributed by atoms with E-state index in [4.69, 9.17) is 9.47 Å². The van der Waals surface area contributed by atoms with Crippen molar-refractivity contribution < 1.29 is 19.1 Å². The number of methoxy groups -OCH3 is 1. The molecular formula is C22H25N3O4S. The minimum absolute atomic E-state index is 0.0201. The number of aliphatic imine (C=N–C) groups is 1. The molecule has 0 saturated heterocycles. The van der Waals surface area contributed by atoms with Gasteiger partial charge in [-0.25, -0.2) is 9.79 Å².